The molecule has 0 aliphatic rings. The van der Waals surface area contributed by atoms with Crippen molar-refractivity contribution in [3.63, 3.8) is 0 Å². The molecule has 178 valence electrons. The number of hydrogen-bond donors (Lipinski definition) is 3. The van der Waals surface area contributed by atoms with E-state index in [1.54, 1.807) is 36.4 Å². The van der Waals surface area contributed by atoms with Gasteiger partial charge in [0.15, 0.2) is 5.69 Å². The fraction of sp³-hybridized carbons (Fsp3) is 0.250. The first kappa shape index (κ1) is 24.5. The highest BCUT2D eigenvalue weighted by Crippen LogP contribution is 2.21. The summed E-state index contributed by atoms with van der Waals surface area (Å²) in [6.45, 7) is 2.33. The molecule has 0 fully saturated rings. The van der Waals surface area contributed by atoms with E-state index in [1.807, 2.05) is 13.0 Å². The molecule has 34 heavy (non-hydrogen) atoms. The van der Waals surface area contributed by atoms with Crippen LogP contribution in [0.2, 0.25) is 0 Å². The number of nitrogens with one attached hydrogen (secondary N) is 2. The first-order valence-electron chi connectivity index (χ1n) is 10.8. The molecule has 0 atom stereocenters. The highest BCUT2D eigenvalue weighted by Gasteiger charge is 2.25. The van der Waals surface area contributed by atoms with Crippen LogP contribution in [0.15, 0.2) is 64.2 Å². The second kappa shape index (κ2) is 11.1. The highest BCUT2D eigenvalue weighted by atomic mass is 16.5. The van der Waals surface area contributed by atoms with Gasteiger partial charge in [0.05, 0.1) is 6.61 Å². The minimum atomic E-state index is -0.758. The molecule has 2 amide bonds. The second-order valence-corrected chi connectivity index (χ2v) is 7.49. The SMILES string of the molecule is CCCn1c(N)c(N(CCOC)C(=O)c2ccc(NC(=O)c3ccccc3)cc2)c(=O)[nH]c1=O. The van der Waals surface area contributed by atoms with Crippen LogP contribution >= 0.6 is 0 Å². The lowest BCUT2D eigenvalue weighted by molar-refractivity contribution is 0.0974. The van der Waals surface area contributed by atoms with Gasteiger partial charge in [-0.25, -0.2) is 4.79 Å². The lowest BCUT2D eigenvalue weighted by Crippen LogP contribution is -2.42. The largest absolute Gasteiger partial charge is 0.383 e. The molecule has 0 saturated heterocycles. The van der Waals surface area contributed by atoms with Crippen LogP contribution in [-0.2, 0) is 11.3 Å². The first-order valence-corrected chi connectivity index (χ1v) is 10.8. The van der Waals surface area contributed by atoms with E-state index in [0.29, 0.717) is 17.7 Å². The van der Waals surface area contributed by atoms with Crippen molar-refractivity contribution in [1.29, 1.82) is 0 Å². The zero-order valence-corrected chi connectivity index (χ0v) is 19.0. The molecule has 0 aliphatic heterocycles. The molecule has 2 aromatic carbocycles. The molecule has 0 aliphatic carbocycles. The highest BCUT2D eigenvalue weighted by molar-refractivity contribution is 6.08. The molecule has 10 heteroatoms. The Balaban J connectivity index is 1.90. The molecule has 0 spiro atoms. The number of nitrogens with two attached hydrogens (primary N) is 1. The maximum absolute atomic E-state index is 13.4. The van der Waals surface area contributed by atoms with E-state index < -0.39 is 17.2 Å². The fourth-order valence-corrected chi connectivity index (χ4v) is 3.43. The fourth-order valence-electron chi connectivity index (χ4n) is 3.43. The normalized spacial score (nSPS) is 10.6. The van der Waals surface area contributed by atoms with Crippen molar-refractivity contribution in [2.75, 3.05) is 36.2 Å². The molecule has 3 rings (SSSR count). The zero-order valence-electron chi connectivity index (χ0n) is 19.0. The Hall–Kier alpha value is -4.18. The van der Waals surface area contributed by atoms with Crippen LogP contribution in [0.4, 0.5) is 17.2 Å². The van der Waals surface area contributed by atoms with Gasteiger partial charge >= 0.3 is 5.69 Å². The van der Waals surface area contributed by atoms with Gasteiger partial charge in [-0.1, -0.05) is 25.1 Å². The van der Waals surface area contributed by atoms with Crippen LogP contribution in [0.25, 0.3) is 0 Å². The Kier molecular flexibility index (Phi) is 7.99. The third kappa shape index (κ3) is 5.41. The van der Waals surface area contributed by atoms with Crippen molar-refractivity contribution in [1.82, 2.24) is 9.55 Å². The maximum atomic E-state index is 13.4. The summed E-state index contributed by atoms with van der Waals surface area (Å²) in [5.74, 6) is -0.873. The van der Waals surface area contributed by atoms with E-state index >= 15 is 0 Å². The number of H-pyrrole nitrogens is 1. The predicted octanol–water partition coefficient (Wildman–Crippen LogP) is 2.07. The molecule has 0 radical (unpaired) electrons. The number of aromatic nitrogens is 2. The average molecular weight is 466 g/mol. The molecule has 10 nitrogen and oxygen atoms in total. The van der Waals surface area contributed by atoms with Crippen LogP contribution < -0.4 is 27.2 Å². The molecular weight excluding hydrogens is 438 g/mol. The standard InChI is InChI=1S/C24H27N5O5/c1-3-13-29-20(25)19(22(31)27-24(29)33)28(14-15-34-2)23(32)17-9-11-18(12-10-17)26-21(30)16-7-5-4-6-8-16/h4-12H,3,13-15,25H2,1-2H3,(H,26,30)(H,27,31,33). The number of aromatic amines is 1. The molecule has 3 aromatic rings. The van der Waals surface area contributed by atoms with Crippen LogP contribution in [0.3, 0.4) is 0 Å². The molecule has 1 heterocycles. The molecule has 0 unspecified atom stereocenters. The Bertz CT molecular complexity index is 1270. The molecular formula is C24H27N5O5. The van der Waals surface area contributed by atoms with Crippen molar-refractivity contribution in [2.45, 2.75) is 19.9 Å². The number of benzene rings is 2. The molecule has 4 N–H and O–H groups in total. The summed E-state index contributed by atoms with van der Waals surface area (Å²) in [7, 11) is 1.47. The van der Waals surface area contributed by atoms with Crippen LogP contribution in [0.1, 0.15) is 34.1 Å². The van der Waals surface area contributed by atoms with Gasteiger partial charge in [0, 0.05) is 37.0 Å². The third-order valence-corrected chi connectivity index (χ3v) is 5.12. The van der Waals surface area contributed by atoms with E-state index in [-0.39, 0.29) is 42.7 Å². The van der Waals surface area contributed by atoms with Crippen molar-refractivity contribution >= 4 is 29.0 Å². The number of methoxy groups -OCH3 is 1. The summed E-state index contributed by atoms with van der Waals surface area (Å²) >= 11 is 0. The van der Waals surface area contributed by atoms with Crippen molar-refractivity contribution in [3.05, 3.63) is 86.6 Å². The summed E-state index contributed by atoms with van der Waals surface area (Å²) in [5, 5.41) is 2.77. The van der Waals surface area contributed by atoms with Crippen LogP contribution in [0, 0.1) is 0 Å². The Morgan fingerprint density at radius 2 is 1.74 bits per heavy atom. The van der Waals surface area contributed by atoms with E-state index in [4.69, 9.17) is 10.5 Å². The minimum Gasteiger partial charge on any atom is -0.383 e. The molecule has 1 aromatic heterocycles. The van der Waals surface area contributed by atoms with Crippen molar-refractivity contribution in [2.24, 2.45) is 0 Å². The number of ether oxygens (including phenoxy) is 1. The van der Waals surface area contributed by atoms with Crippen LogP contribution in [0.5, 0.6) is 0 Å². The Labute approximate surface area is 196 Å². The minimum absolute atomic E-state index is 0.0411. The molecule has 0 bridgehead atoms. The van der Waals surface area contributed by atoms with Crippen molar-refractivity contribution < 1.29 is 14.3 Å². The van der Waals surface area contributed by atoms with E-state index in [1.165, 1.54) is 28.7 Å². The second-order valence-electron chi connectivity index (χ2n) is 7.49. The van der Waals surface area contributed by atoms with Gasteiger partial charge in [0.25, 0.3) is 17.4 Å². The zero-order chi connectivity index (χ0) is 24.7. The predicted molar refractivity (Wildman–Crippen MR) is 130 cm³/mol. The number of anilines is 3. The van der Waals surface area contributed by atoms with Crippen LogP contribution in [-0.4, -0.2) is 41.6 Å². The number of hydrogen-bond acceptors (Lipinski definition) is 6. The lowest BCUT2D eigenvalue weighted by Gasteiger charge is -2.24. The van der Waals surface area contributed by atoms with Gasteiger partial charge < -0.3 is 15.8 Å². The number of amides is 2. The van der Waals surface area contributed by atoms with Gasteiger partial charge in [0.1, 0.15) is 5.82 Å². The Morgan fingerprint density at radius 3 is 2.35 bits per heavy atom. The van der Waals surface area contributed by atoms with E-state index in [9.17, 15) is 19.2 Å². The van der Waals surface area contributed by atoms with Crippen molar-refractivity contribution in [3.8, 4) is 0 Å². The Morgan fingerprint density at radius 1 is 1.06 bits per heavy atom. The summed E-state index contributed by atoms with van der Waals surface area (Å²) in [5.41, 5.74) is 5.92. The lowest BCUT2D eigenvalue weighted by atomic mass is 10.1. The van der Waals surface area contributed by atoms with E-state index in [2.05, 4.69) is 10.3 Å². The van der Waals surface area contributed by atoms with Gasteiger partial charge in [-0.15, -0.1) is 0 Å². The third-order valence-electron chi connectivity index (χ3n) is 5.12. The van der Waals surface area contributed by atoms with Gasteiger partial charge in [0.2, 0.25) is 0 Å². The monoisotopic (exact) mass is 465 g/mol. The van der Waals surface area contributed by atoms with Gasteiger partial charge in [-0.05, 0) is 42.8 Å². The smallest absolute Gasteiger partial charge is 0.330 e. The number of rotatable bonds is 9. The number of carbonyl (C=O) groups excluding carboxylic acids is 2. The summed E-state index contributed by atoms with van der Waals surface area (Å²) in [6, 6.07) is 15.0. The van der Waals surface area contributed by atoms with Gasteiger partial charge in [-0.3, -0.25) is 28.8 Å². The maximum Gasteiger partial charge on any atom is 0.330 e. The number of nitrogens with zero attached hydrogens (tertiary/aromatic N) is 2. The summed E-state index contributed by atoms with van der Waals surface area (Å²) in [6.07, 6.45) is 0.609. The number of nitrogen functional groups attached to an aromatic ring is 1. The molecule has 0 saturated carbocycles. The summed E-state index contributed by atoms with van der Waals surface area (Å²) in [4.78, 5) is 53.9. The average Bonchev–Trinajstić information content (AvgIpc) is 2.84. The summed E-state index contributed by atoms with van der Waals surface area (Å²) < 4.78 is 6.33. The quantitative estimate of drug-likeness (QED) is 0.442. The van der Waals surface area contributed by atoms with E-state index in [0.717, 1.165) is 0 Å². The topological polar surface area (TPSA) is 140 Å². The number of carbonyl (C=O) groups is 2. The van der Waals surface area contributed by atoms with Gasteiger partial charge in [-0.2, -0.15) is 0 Å². The first-order chi connectivity index (χ1) is 16.4.